The van der Waals surface area contributed by atoms with Crippen LogP contribution in [-0.4, -0.2) is 6.29 Å². The average Bonchev–Trinajstić information content (AvgIpc) is 2.36. The van der Waals surface area contributed by atoms with Crippen LogP contribution in [0.4, 0.5) is 0 Å². The summed E-state index contributed by atoms with van der Waals surface area (Å²) in [5.41, 5.74) is 5.21. The molecule has 21 heavy (non-hydrogen) atoms. The molecule has 0 aliphatic rings. The fourth-order valence-corrected chi connectivity index (χ4v) is 2.35. The van der Waals surface area contributed by atoms with Gasteiger partial charge in [-0.05, 0) is 45.6 Å². The Morgan fingerprint density at radius 1 is 0.952 bits per heavy atom. The Hall–Kier alpha value is -1.37. The lowest BCUT2D eigenvalue weighted by Crippen LogP contribution is -2.17. The molecule has 1 nitrogen and oxygen atoms in total. The molecule has 1 aromatic rings. The molecule has 0 fully saturated rings. The molecule has 0 N–H and O–H groups in total. The van der Waals surface area contributed by atoms with Crippen LogP contribution in [0.3, 0.4) is 0 Å². The Balaban J connectivity index is 3.51. The van der Waals surface area contributed by atoms with Gasteiger partial charge in [0.1, 0.15) is 6.29 Å². The first kappa shape index (κ1) is 17.7. The summed E-state index contributed by atoms with van der Waals surface area (Å²) < 4.78 is 0. The predicted octanol–water partition coefficient (Wildman–Crippen LogP) is 5.66. The van der Waals surface area contributed by atoms with Crippen molar-refractivity contribution < 1.29 is 4.79 Å². The summed E-state index contributed by atoms with van der Waals surface area (Å²) in [4.78, 5) is 11.0. The zero-order valence-corrected chi connectivity index (χ0v) is 14.7. The van der Waals surface area contributed by atoms with Crippen LogP contribution in [0.5, 0.6) is 0 Å². The van der Waals surface area contributed by atoms with E-state index in [0.29, 0.717) is 0 Å². The number of aldehydes is 1. The number of allylic oxidation sites excluding steroid dienone is 2. The van der Waals surface area contributed by atoms with E-state index < -0.39 is 0 Å². The van der Waals surface area contributed by atoms with Gasteiger partial charge in [-0.25, -0.2) is 0 Å². The van der Waals surface area contributed by atoms with Gasteiger partial charge in [0, 0.05) is 0 Å². The number of carbonyl (C=O) groups is 1. The Labute approximate surface area is 130 Å². The fraction of sp³-hybridized carbons (Fsp3) is 0.550. The van der Waals surface area contributed by atoms with Gasteiger partial charge in [0.15, 0.2) is 0 Å². The van der Waals surface area contributed by atoms with Crippen molar-refractivity contribution in [1.82, 2.24) is 0 Å². The number of carbonyl (C=O) groups excluding carboxylic acids is 1. The van der Waals surface area contributed by atoms with Gasteiger partial charge in [0.25, 0.3) is 0 Å². The summed E-state index contributed by atoms with van der Waals surface area (Å²) in [6.07, 6.45) is 4.61. The van der Waals surface area contributed by atoms with Crippen molar-refractivity contribution in [3.8, 4) is 0 Å². The van der Waals surface area contributed by atoms with Gasteiger partial charge in [-0.1, -0.05) is 73.1 Å². The molecule has 0 aliphatic heterocycles. The van der Waals surface area contributed by atoms with Crippen LogP contribution < -0.4 is 0 Å². The monoisotopic (exact) mass is 286 g/mol. The summed E-state index contributed by atoms with van der Waals surface area (Å²) in [5.74, 6) is 0. The van der Waals surface area contributed by atoms with E-state index in [-0.39, 0.29) is 10.8 Å². The standard InChI is InChI=1S/C20H30O/c1-8-9-15(10-11-21)16-12-17(19(2,3)4)14-18(13-16)20(5,6)7/h10-14H,8-9H2,1-7H3. The van der Waals surface area contributed by atoms with Crippen molar-refractivity contribution in [3.63, 3.8) is 0 Å². The van der Waals surface area contributed by atoms with Crippen LogP contribution in [0.25, 0.3) is 5.57 Å². The first-order valence-electron chi connectivity index (χ1n) is 7.90. The smallest absolute Gasteiger partial charge is 0.143 e. The van der Waals surface area contributed by atoms with E-state index in [1.807, 2.05) is 0 Å². The molecule has 0 atom stereocenters. The third kappa shape index (κ3) is 4.84. The zero-order chi connectivity index (χ0) is 16.3. The van der Waals surface area contributed by atoms with Crippen LogP contribution in [-0.2, 0) is 15.6 Å². The summed E-state index contributed by atoms with van der Waals surface area (Å²) in [6, 6.07) is 6.81. The van der Waals surface area contributed by atoms with Crippen LogP contribution in [0.15, 0.2) is 24.3 Å². The SMILES string of the molecule is CCCC(=CC=O)c1cc(C(C)(C)C)cc(C(C)(C)C)c1. The molecule has 1 aromatic carbocycles. The average molecular weight is 286 g/mol. The lowest BCUT2D eigenvalue weighted by molar-refractivity contribution is -0.104. The second kappa shape index (κ2) is 6.60. The normalized spacial score (nSPS) is 13.4. The minimum Gasteiger partial charge on any atom is -0.299 e. The first-order valence-corrected chi connectivity index (χ1v) is 7.90. The number of hydrogen-bond donors (Lipinski definition) is 0. The van der Waals surface area contributed by atoms with Crippen molar-refractivity contribution in [2.45, 2.75) is 72.1 Å². The molecule has 116 valence electrons. The van der Waals surface area contributed by atoms with Crippen molar-refractivity contribution in [2.24, 2.45) is 0 Å². The Morgan fingerprint density at radius 2 is 1.43 bits per heavy atom. The van der Waals surface area contributed by atoms with E-state index >= 15 is 0 Å². The fourth-order valence-electron chi connectivity index (χ4n) is 2.35. The summed E-state index contributed by atoms with van der Waals surface area (Å²) >= 11 is 0. The van der Waals surface area contributed by atoms with Crippen LogP contribution in [0, 0.1) is 0 Å². The summed E-state index contributed by atoms with van der Waals surface area (Å²) in [5, 5.41) is 0. The third-order valence-electron chi connectivity index (χ3n) is 3.82. The van der Waals surface area contributed by atoms with Gasteiger partial charge in [0.2, 0.25) is 0 Å². The molecule has 0 heterocycles. The predicted molar refractivity (Wildman–Crippen MR) is 92.8 cm³/mol. The topological polar surface area (TPSA) is 17.1 Å². The highest BCUT2D eigenvalue weighted by Gasteiger charge is 2.21. The van der Waals surface area contributed by atoms with Crippen molar-refractivity contribution in [3.05, 3.63) is 41.0 Å². The lowest BCUT2D eigenvalue weighted by atomic mass is 9.78. The van der Waals surface area contributed by atoms with Gasteiger partial charge in [-0.2, -0.15) is 0 Å². The number of hydrogen-bond acceptors (Lipinski definition) is 1. The van der Waals surface area contributed by atoms with E-state index in [9.17, 15) is 4.79 Å². The highest BCUT2D eigenvalue weighted by Crippen LogP contribution is 2.33. The van der Waals surface area contributed by atoms with Crippen molar-refractivity contribution >= 4 is 11.9 Å². The second-order valence-electron chi connectivity index (χ2n) is 7.88. The molecule has 0 radical (unpaired) electrons. The zero-order valence-electron chi connectivity index (χ0n) is 14.7. The molecule has 0 aromatic heterocycles. The molecule has 0 saturated carbocycles. The van der Waals surface area contributed by atoms with E-state index in [1.54, 1.807) is 6.08 Å². The molecular formula is C20H30O. The maximum atomic E-state index is 11.0. The number of rotatable bonds is 4. The van der Waals surface area contributed by atoms with Crippen molar-refractivity contribution in [1.29, 1.82) is 0 Å². The molecular weight excluding hydrogens is 256 g/mol. The Bertz CT molecular complexity index is 489. The van der Waals surface area contributed by atoms with Gasteiger partial charge >= 0.3 is 0 Å². The largest absolute Gasteiger partial charge is 0.299 e. The minimum absolute atomic E-state index is 0.106. The van der Waals surface area contributed by atoms with Crippen LogP contribution >= 0.6 is 0 Å². The Kier molecular flexibility index (Phi) is 5.55. The van der Waals surface area contributed by atoms with Gasteiger partial charge in [-0.15, -0.1) is 0 Å². The van der Waals surface area contributed by atoms with Gasteiger partial charge < -0.3 is 0 Å². The summed E-state index contributed by atoms with van der Waals surface area (Å²) in [6.45, 7) is 15.6. The highest BCUT2D eigenvalue weighted by molar-refractivity contribution is 5.82. The molecule has 1 rings (SSSR count). The molecule has 0 saturated heterocycles. The highest BCUT2D eigenvalue weighted by atomic mass is 16.1. The second-order valence-corrected chi connectivity index (χ2v) is 7.88. The van der Waals surface area contributed by atoms with E-state index in [0.717, 1.165) is 24.7 Å². The maximum Gasteiger partial charge on any atom is 0.143 e. The van der Waals surface area contributed by atoms with E-state index in [2.05, 4.69) is 66.7 Å². The summed E-state index contributed by atoms with van der Waals surface area (Å²) in [7, 11) is 0. The quantitative estimate of drug-likeness (QED) is 0.515. The molecule has 0 bridgehead atoms. The minimum atomic E-state index is 0.106. The van der Waals surface area contributed by atoms with Crippen LogP contribution in [0.2, 0.25) is 0 Å². The van der Waals surface area contributed by atoms with Gasteiger partial charge in [-0.3, -0.25) is 4.79 Å². The third-order valence-corrected chi connectivity index (χ3v) is 3.82. The van der Waals surface area contributed by atoms with E-state index in [1.165, 1.54) is 16.7 Å². The molecule has 0 unspecified atom stereocenters. The van der Waals surface area contributed by atoms with Crippen molar-refractivity contribution in [2.75, 3.05) is 0 Å². The maximum absolute atomic E-state index is 11.0. The molecule has 0 amide bonds. The first-order chi connectivity index (χ1) is 9.59. The molecule has 0 spiro atoms. The van der Waals surface area contributed by atoms with E-state index in [4.69, 9.17) is 0 Å². The molecule has 0 aliphatic carbocycles. The van der Waals surface area contributed by atoms with Crippen LogP contribution in [0.1, 0.15) is 78.0 Å². The lowest BCUT2D eigenvalue weighted by Gasteiger charge is -2.26. The number of benzene rings is 1. The Morgan fingerprint density at radius 3 is 1.76 bits per heavy atom. The molecule has 1 heteroatoms. The van der Waals surface area contributed by atoms with Gasteiger partial charge in [0.05, 0.1) is 0 Å².